The maximum Gasteiger partial charge on any atom is 0.342 e. The molecule has 1 aromatic carbocycles. The summed E-state index contributed by atoms with van der Waals surface area (Å²) in [7, 11) is 0. The van der Waals surface area contributed by atoms with E-state index in [-0.39, 0.29) is 28.6 Å². The molecule has 2 aromatic rings. The van der Waals surface area contributed by atoms with Gasteiger partial charge in [0.25, 0.3) is 0 Å². The third-order valence-electron chi connectivity index (χ3n) is 3.09. The predicted molar refractivity (Wildman–Crippen MR) is 79.2 cm³/mol. The van der Waals surface area contributed by atoms with Crippen molar-refractivity contribution in [1.29, 1.82) is 0 Å². The van der Waals surface area contributed by atoms with Gasteiger partial charge in [-0.3, -0.25) is 4.79 Å². The van der Waals surface area contributed by atoms with Crippen molar-refractivity contribution in [2.45, 2.75) is 20.8 Å². The van der Waals surface area contributed by atoms with Gasteiger partial charge in [0.05, 0.1) is 17.3 Å². The molecule has 0 aliphatic heterocycles. The number of Topliss-reactive ketones (excluding diaryl/α,β-unsaturated/α-hetero) is 1. The second kappa shape index (κ2) is 6.27. The van der Waals surface area contributed by atoms with Gasteiger partial charge in [-0.05, 0) is 26.0 Å². The average Bonchev–Trinajstić information content (AvgIpc) is 2.80. The second-order valence-corrected chi connectivity index (χ2v) is 4.98. The molecule has 0 N–H and O–H groups in total. The Bertz CT molecular complexity index is 755. The van der Waals surface area contributed by atoms with Gasteiger partial charge in [0.15, 0.2) is 11.6 Å². The number of hydrogen-bond donors (Lipinski definition) is 0. The van der Waals surface area contributed by atoms with Crippen molar-refractivity contribution in [2.24, 2.45) is 0 Å². The molecule has 2 rings (SSSR count). The normalized spacial score (nSPS) is 10.6. The second-order valence-electron chi connectivity index (χ2n) is 4.57. The van der Waals surface area contributed by atoms with Crippen LogP contribution < -0.4 is 0 Å². The van der Waals surface area contributed by atoms with Gasteiger partial charge in [-0.25, -0.2) is 13.9 Å². The van der Waals surface area contributed by atoms with Crippen LogP contribution in [0.4, 0.5) is 4.39 Å². The quantitative estimate of drug-likeness (QED) is 0.639. The summed E-state index contributed by atoms with van der Waals surface area (Å²) in [4.78, 5) is 23.8. The van der Waals surface area contributed by atoms with Gasteiger partial charge in [-0.15, -0.1) is 0 Å². The van der Waals surface area contributed by atoms with Crippen LogP contribution in [0, 0.1) is 12.7 Å². The van der Waals surface area contributed by atoms with Crippen LogP contribution >= 0.6 is 11.6 Å². The van der Waals surface area contributed by atoms with Crippen LogP contribution in [-0.4, -0.2) is 28.1 Å². The summed E-state index contributed by atoms with van der Waals surface area (Å²) < 4.78 is 20.3. The smallest absolute Gasteiger partial charge is 0.342 e. The van der Waals surface area contributed by atoms with Crippen LogP contribution in [0.5, 0.6) is 0 Å². The highest BCUT2D eigenvalue weighted by atomic mass is 35.5. The third-order valence-corrected chi connectivity index (χ3v) is 3.38. The molecule has 116 valence electrons. The number of nitrogens with zero attached hydrogens (tertiary/aromatic N) is 2. The molecule has 0 spiro atoms. The van der Waals surface area contributed by atoms with E-state index in [0.717, 1.165) is 0 Å². The lowest BCUT2D eigenvalue weighted by Gasteiger charge is -2.07. The van der Waals surface area contributed by atoms with Crippen LogP contribution in [0.3, 0.4) is 0 Å². The number of benzene rings is 1. The molecule has 1 heterocycles. The summed E-state index contributed by atoms with van der Waals surface area (Å²) in [6, 6.07) is 4.41. The van der Waals surface area contributed by atoms with Crippen molar-refractivity contribution in [1.82, 2.24) is 9.78 Å². The maximum atomic E-state index is 14.2. The minimum absolute atomic E-state index is 0.0359. The number of hydrogen-bond acceptors (Lipinski definition) is 4. The summed E-state index contributed by atoms with van der Waals surface area (Å²) in [5.74, 6) is -1.76. The zero-order valence-corrected chi connectivity index (χ0v) is 13.1. The molecule has 5 nitrogen and oxygen atoms in total. The van der Waals surface area contributed by atoms with Crippen LogP contribution in [0.2, 0.25) is 5.02 Å². The number of aromatic nitrogens is 2. The van der Waals surface area contributed by atoms with Crippen molar-refractivity contribution in [3.8, 4) is 5.69 Å². The molecule has 0 aliphatic carbocycles. The van der Waals surface area contributed by atoms with Gasteiger partial charge >= 0.3 is 5.97 Å². The van der Waals surface area contributed by atoms with E-state index < -0.39 is 17.6 Å². The Morgan fingerprint density at radius 2 is 2.09 bits per heavy atom. The fourth-order valence-corrected chi connectivity index (χ4v) is 2.26. The van der Waals surface area contributed by atoms with Gasteiger partial charge in [0, 0.05) is 6.92 Å². The summed E-state index contributed by atoms with van der Waals surface area (Å²) in [5, 5.41) is 3.98. The van der Waals surface area contributed by atoms with E-state index in [4.69, 9.17) is 16.3 Å². The number of ether oxygens (including phenoxy) is 1. The van der Waals surface area contributed by atoms with Crippen molar-refractivity contribution in [3.05, 3.63) is 46.0 Å². The number of carbonyl (C=O) groups excluding carboxylic acids is 2. The van der Waals surface area contributed by atoms with Crippen LogP contribution in [-0.2, 0) is 4.74 Å². The van der Waals surface area contributed by atoms with Crippen molar-refractivity contribution in [2.75, 3.05) is 6.61 Å². The molecule has 0 bridgehead atoms. The number of rotatable bonds is 4. The largest absolute Gasteiger partial charge is 0.462 e. The first kappa shape index (κ1) is 16.2. The highest BCUT2D eigenvalue weighted by Crippen LogP contribution is 2.25. The lowest BCUT2D eigenvalue weighted by atomic mass is 10.1. The Labute approximate surface area is 131 Å². The van der Waals surface area contributed by atoms with Crippen molar-refractivity contribution < 1.29 is 18.7 Å². The van der Waals surface area contributed by atoms with Gasteiger partial charge in [0.1, 0.15) is 16.9 Å². The van der Waals surface area contributed by atoms with Crippen LogP contribution in [0.25, 0.3) is 5.69 Å². The lowest BCUT2D eigenvalue weighted by Crippen LogP contribution is -2.10. The SMILES string of the molecule is CCOC(=O)c1c(C(C)=O)nn(-c2cccc(Cl)c2F)c1C. The van der Waals surface area contributed by atoms with E-state index >= 15 is 0 Å². The molecular weight excluding hydrogens is 311 g/mol. The molecule has 0 fully saturated rings. The fraction of sp³-hybridized carbons (Fsp3) is 0.267. The Balaban J connectivity index is 2.69. The van der Waals surface area contributed by atoms with Crippen molar-refractivity contribution in [3.63, 3.8) is 0 Å². The van der Waals surface area contributed by atoms with E-state index in [0.29, 0.717) is 5.69 Å². The first-order chi connectivity index (χ1) is 10.4. The maximum absolute atomic E-state index is 14.2. The fourth-order valence-electron chi connectivity index (χ4n) is 2.09. The van der Waals surface area contributed by atoms with Gasteiger partial charge in [0.2, 0.25) is 0 Å². The molecule has 0 radical (unpaired) electrons. The summed E-state index contributed by atoms with van der Waals surface area (Å²) in [6.45, 7) is 4.66. The zero-order valence-electron chi connectivity index (χ0n) is 12.3. The first-order valence-electron chi connectivity index (χ1n) is 6.60. The minimum Gasteiger partial charge on any atom is -0.462 e. The third kappa shape index (κ3) is 2.74. The molecule has 0 saturated heterocycles. The van der Waals surface area contributed by atoms with E-state index in [1.165, 1.54) is 23.7 Å². The minimum atomic E-state index is -0.680. The van der Waals surface area contributed by atoms with Gasteiger partial charge in [-0.1, -0.05) is 17.7 Å². The molecule has 0 atom stereocenters. The van der Waals surface area contributed by atoms with E-state index in [2.05, 4.69) is 5.10 Å². The first-order valence-corrected chi connectivity index (χ1v) is 6.98. The molecule has 0 aliphatic rings. The molecular formula is C15H14ClFN2O3. The molecule has 1 aromatic heterocycles. The van der Waals surface area contributed by atoms with Crippen LogP contribution in [0.15, 0.2) is 18.2 Å². The molecule has 0 amide bonds. The molecule has 22 heavy (non-hydrogen) atoms. The molecule has 0 saturated carbocycles. The highest BCUT2D eigenvalue weighted by Gasteiger charge is 2.26. The number of halogens is 2. The number of ketones is 1. The monoisotopic (exact) mass is 324 g/mol. The molecule has 0 unspecified atom stereocenters. The Hall–Kier alpha value is -2.21. The Kier molecular flexibility index (Phi) is 4.61. The number of esters is 1. The Morgan fingerprint density at radius 1 is 1.41 bits per heavy atom. The van der Waals surface area contributed by atoms with E-state index in [1.807, 2.05) is 0 Å². The summed E-state index contributed by atoms with van der Waals surface area (Å²) in [6.07, 6.45) is 0. The van der Waals surface area contributed by atoms with E-state index in [9.17, 15) is 14.0 Å². The Morgan fingerprint density at radius 3 is 2.68 bits per heavy atom. The van der Waals surface area contributed by atoms with E-state index in [1.54, 1.807) is 19.9 Å². The summed E-state index contributed by atoms with van der Waals surface area (Å²) in [5.41, 5.74) is 0.344. The topological polar surface area (TPSA) is 61.2 Å². The standard InChI is InChI=1S/C15H14ClFN2O3/c1-4-22-15(21)12-8(2)19(18-14(12)9(3)20)11-7-5-6-10(16)13(11)17/h5-7H,4H2,1-3H3. The van der Waals surface area contributed by atoms with Crippen LogP contribution in [0.1, 0.15) is 40.4 Å². The predicted octanol–water partition coefficient (Wildman–Crippen LogP) is 3.35. The van der Waals surface area contributed by atoms with Crippen molar-refractivity contribution >= 4 is 23.4 Å². The lowest BCUT2D eigenvalue weighted by molar-refractivity contribution is 0.0522. The highest BCUT2D eigenvalue weighted by molar-refractivity contribution is 6.30. The van der Waals surface area contributed by atoms with Gasteiger partial charge in [-0.2, -0.15) is 5.10 Å². The average molecular weight is 325 g/mol. The summed E-state index contributed by atoms with van der Waals surface area (Å²) >= 11 is 5.76. The zero-order chi connectivity index (χ0) is 16.4. The van der Waals surface area contributed by atoms with Gasteiger partial charge < -0.3 is 4.74 Å². The number of carbonyl (C=O) groups is 2. The molecule has 7 heteroatoms.